The number of nitrogens with one attached hydrogen (secondary N) is 1. The predicted octanol–water partition coefficient (Wildman–Crippen LogP) is 3.64. The van der Waals surface area contributed by atoms with Gasteiger partial charge in [-0.15, -0.1) is 0 Å². The highest BCUT2D eigenvalue weighted by atomic mass is 35.5. The van der Waals surface area contributed by atoms with Crippen LogP contribution in [0.2, 0.25) is 5.02 Å². The summed E-state index contributed by atoms with van der Waals surface area (Å²) in [7, 11) is 0. The molecule has 1 N–H and O–H groups in total. The van der Waals surface area contributed by atoms with Crippen LogP contribution in [0.5, 0.6) is 0 Å². The van der Waals surface area contributed by atoms with Crippen molar-refractivity contribution in [2.24, 2.45) is 0 Å². The number of benzene rings is 1. The van der Waals surface area contributed by atoms with E-state index < -0.39 is 5.97 Å². The van der Waals surface area contributed by atoms with Crippen molar-refractivity contribution in [3.05, 3.63) is 28.3 Å². The summed E-state index contributed by atoms with van der Waals surface area (Å²) in [4.78, 5) is 24.7. The highest BCUT2D eigenvalue weighted by Crippen LogP contribution is 2.26. The largest absolute Gasteiger partial charge is 0.462 e. The lowest BCUT2D eigenvalue weighted by atomic mass is 10.1. The van der Waals surface area contributed by atoms with E-state index in [2.05, 4.69) is 26.1 Å². The minimum Gasteiger partial charge on any atom is -0.462 e. The van der Waals surface area contributed by atoms with Gasteiger partial charge in [-0.25, -0.2) is 4.79 Å². The van der Waals surface area contributed by atoms with Crippen molar-refractivity contribution in [2.45, 2.75) is 34.6 Å². The number of nitrogens with zero attached hydrogens (tertiary/aromatic N) is 1. The molecule has 0 aromatic heterocycles. The van der Waals surface area contributed by atoms with E-state index >= 15 is 0 Å². The number of carbonyl (C=O) groups excluding carboxylic acids is 2. The lowest BCUT2D eigenvalue weighted by Crippen LogP contribution is -2.52. The Morgan fingerprint density at radius 2 is 1.71 bits per heavy atom. The first kappa shape index (κ1) is 20.5. The van der Waals surface area contributed by atoms with Crippen LogP contribution in [0.1, 0.15) is 43.6 Å². The summed E-state index contributed by atoms with van der Waals surface area (Å²) in [6.07, 6.45) is 0. The zero-order valence-corrected chi connectivity index (χ0v) is 16.0. The molecule has 5 nitrogen and oxygen atoms in total. The van der Waals surface area contributed by atoms with E-state index in [1.807, 2.05) is 6.92 Å². The van der Waals surface area contributed by atoms with Gasteiger partial charge in [-0.05, 0) is 52.3 Å². The lowest BCUT2D eigenvalue weighted by Gasteiger charge is -2.35. The van der Waals surface area contributed by atoms with E-state index in [0.717, 1.165) is 25.2 Å². The standard InChI is InChI=1S/C18H27ClN2O3/c1-6-21(7-2,8-3)12-16(22)20-17-13(5)10-14(19)11-15(17)18(23)24-9-4/h10-11H,6-9,12H2,1-5H3/p+1. The topological polar surface area (TPSA) is 55.4 Å². The van der Waals surface area contributed by atoms with Crippen molar-refractivity contribution >= 4 is 29.2 Å². The fourth-order valence-corrected chi connectivity index (χ4v) is 3.04. The van der Waals surface area contributed by atoms with Crippen LogP contribution in [0.3, 0.4) is 0 Å². The van der Waals surface area contributed by atoms with E-state index in [1.54, 1.807) is 13.0 Å². The molecule has 0 saturated carbocycles. The molecule has 0 spiro atoms. The van der Waals surface area contributed by atoms with Gasteiger partial charge < -0.3 is 14.5 Å². The number of quaternary nitrogens is 1. The first-order valence-electron chi connectivity index (χ1n) is 8.44. The highest BCUT2D eigenvalue weighted by molar-refractivity contribution is 6.31. The van der Waals surface area contributed by atoms with Gasteiger partial charge in [-0.1, -0.05) is 11.6 Å². The summed E-state index contributed by atoms with van der Waals surface area (Å²) in [6, 6.07) is 3.26. The van der Waals surface area contributed by atoms with Gasteiger partial charge in [-0.2, -0.15) is 0 Å². The minimum absolute atomic E-state index is 0.114. The molecule has 0 unspecified atom stereocenters. The third-order valence-electron chi connectivity index (χ3n) is 4.55. The minimum atomic E-state index is -0.486. The number of hydrogen-bond acceptors (Lipinski definition) is 3. The molecule has 1 aromatic rings. The molecule has 0 fully saturated rings. The summed E-state index contributed by atoms with van der Waals surface area (Å²) in [5.74, 6) is -0.600. The summed E-state index contributed by atoms with van der Waals surface area (Å²) >= 11 is 6.05. The summed E-state index contributed by atoms with van der Waals surface area (Å²) in [5, 5.41) is 3.33. The van der Waals surface area contributed by atoms with E-state index in [-0.39, 0.29) is 18.1 Å². The number of aryl methyl sites for hydroxylation is 1. The molecule has 0 bridgehead atoms. The lowest BCUT2D eigenvalue weighted by molar-refractivity contribution is -0.915. The number of rotatable bonds is 8. The van der Waals surface area contributed by atoms with Crippen LogP contribution < -0.4 is 5.32 Å². The molecule has 0 radical (unpaired) electrons. The molecule has 0 aliphatic heterocycles. The number of hydrogen-bond donors (Lipinski definition) is 1. The van der Waals surface area contributed by atoms with Crippen LogP contribution in [0, 0.1) is 6.92 Å². The highest BCUT2D eigenvalue weighted by Gasteiger charge is 2.26. The van der Waals surface area contributed by atoms with Gasteiger partial charge in [0.25, 0.3) is 5.91 Å². The monoisotopic (exact) mass is 355 g/mol. The molecular weight excluding hydrogens is 328 g/mol. The number of anilines is 1. The maximum Gasteiger partial charge on any atom is 0.340 e. The molecule has 24 heavy (non-hydrogen) atoms. The third-order valence-corrected chi connectivity index (χ3v) is 4.77. The Bertz CT molecular complexity index is 590. The Labute approximate surface area is 149 Å². The molecule has 1 rings (SSSR count). The van der Waals surface area contributed by atoms with Crippen molar-refractivity contribution in [1.82, 2.24) is 0 Å². The molecular formula is C18H28ClN2O3+. The predicted molar refractivity (Wildman–Crippen MR) is 97.5 cm³/mol. The van der Waals surface area contributed by atoms with Crippen molar-refractivity contribution in [2.75, 3.05) is 38.1 Å². The van der Waals surface area contributed by atoms with E-state index in [4.69, 9.17) is 16.3 Å². The van der Waals surface area contributed by atoms with Crippen LogP contribution in [0.25, 0.3) is 0 Å². The Morgan fingerprint density at radius 1 is 1.12 bits per heavy atom. The Balaban J connectivity index is 3.09. The number of likely N-dealkylation sites (N-methyl/N-ethyl adjacent to an activating group) is 1. The van der Waals surface area contributed by atoms with E-state index in [0.29, 0.717) is 21.7 Å². The average Bonchev–Trinajstić information content (AvgIpc) is 2.55. The molecule has 0 heterocycles. The zero-order valence-electron chi connectivity index (χ0n) is 15.2. The molecule has 1 aromatic carbocycles. The van der Waals surface area contributed by atoms with Gasteiger partial charge in [0.15, 0.2) is 6.54 Å². The van der Waals surface area contributed by atoms with Crippen LogP contribution in [0.4, 0.5) is 5.69 Å². The van der Waals surface area contributed by atoms with Crippen molar-refractivity contribution < 1.29 is 18.8 Å². The normalized spacial score (nSPS) is 11.2. The summed E-state index contributed by atoms with van der Waals surface area (Å²) < 4.78 is 5.77. The van der Waals surface area contributed by atoms with Gasteiger partial charge in [-0.3, -0.25) is 4.79 Å². The van der Waals surface area contributed by atoms with Crippen LogP contribution >= 0.6 is 11.6 Å². The van der Waals surface area contributed by atoms with Gasteiger partial charge in [0, 0.05) is 5.02 Å². The number of amides is 1. The second kappa shape index (κ2) is 9.04. The van der Waals surface area contributed by atoms with E-state index in [9.17, 15) is 9.59 Å². The first-order valence-corrected chi connectivity index (χ1v) is 8.82. The fourth-order valence-electron chi connectivity index (χ4n) is 2.77. The molecule has 0 saturated heterocycles. The van der Waals surface area contributed by atoms with E-state index in [1.165, 1.54) is 6.07 Å². The first-order chi connectivity index (χ1) is 11.3. The fraction of sp³-hybridized carbons (Fsp3) is 0.556. The van der Waals surface area contributed by atoms with Crippen molar-refractivity contribution in [3.8, 4) is 0 Å². The van der Waals surface area contributed by atoms with Crippen LogP contribution in [0.15, 0.2) is 12.1 Å². The van der Waals surface area contributed by atoms with Crippen molar-refractivity contribution in [3.63, 3.8) is 0 Å². The second-order valence-corrected chi connectivity index (χ2v) is 6.30. The van der Waals surface area contributed by atoms with Crippen molar-refractivity contribution in [1.29, 1.82) is 0 Å². The van der Waals surface area contributed by atoms with Gasteiger partial charge in [0.2, 0.25) is 0 Å². The average molecular weight is 356 g/mol. The summed E-state index contributed by atoms with van der Waals surface area (Å²) in [5.41, 5.74) is 1.50. The number of esters is 1. The number of halogens is 1. The molecule has 1 amide bonds. The van der Waals surface area contributed by atoms with Gasteiger partial charge in [0.1, 0.15) is 0 Å². The number of ether oxygens (including phenoxy) is 1. The van der Waals surface area contributed by atoms with Crippen LogP contribution in [-0.4, -0.2) is 49.1 Å². The smallest absolute Gasteiger partial charge is 0.340 e. The molecule has 6 heteroatoms. The maximum absolute atomic E-state index is 12.6. The van der Waals surface area contributed by atoms with Gasteiger partial charge in [0.05, 0.1) is 37.5 Å². The Kier molecular flexibility index (Phi) is 7.70. The SMILES string of the molecule is CCOC(=O)c1cc(Cl)cc(C)c1NC(=O)C[N+](CC)(CC)CC. The third kappa shape index (κ3) is 4.95. The quantitative estimate of drug-likeness (QED) is 0.572. The van der Waals surface area contributed by atoms with Gasteiger partial charge >= 0.3 is 5.97 Å². The second-order valence-electron chi connectivity index (χ2n) is 5.86. The van der Waals surface area contributed by atoms with Crippen LogP contribution in [-0.2, 0) is 9.53 Å². The molecule has 0 atom stereocenters. The molecule has 134 valence electrons. The molecule has 0 aliphatic rings. The zero-order chi connectivity index (χ0) is 18.3. The Hall–Kier alpha value is -1.59. The Morgan fingerprint density at radius 3 is 2.21 bits per heavy atom. The molecule has 0 aliphatic carbocycles. The number of carbonyl (C=O) groups is 2. The maximum atomic E-state index is 12.6. The summed E-state index contributed by atoms with van der Waals surface area (Å²) in [6.45, 7) is 13.1.